The van der Waals surface area contributed by atoms with Crippen molar-refractivity contribution in [2.75, 3.05) is 18.5 Å². The van der Waals surface area contributed by atoms with E-state index in [4.69, 9.17) is 5.11 Å². The van der Waals surface area contributed by atoms with Crippen LogP contribution in [-0.2, 0) is 28.5 Å². The average molecular weight is 506 g/mol. The number of ketones is 1. The van der Waals surface area contributed by atoms with Crippen LogP contribution in [0.2, 0.25) is 0 Å². The Hall–Kier alpha value is -3.22. The molecule has 0 saturated carbocycles. The van der Waals surface area contributed by atoms with Crippen LogP contribution in [0.1, 0.15) is 47.6 Å². The summed E-state index contributed by atoms with van der Waals surface area (Å²) in [7, 11) is -4.27. The number of benzene rings is 1. The highest BCUT2D eigenvalue weighted by Gasteiger charge is 2.48. The Bertz CT molecular complexity index is 1350. The summed E-state index contributed by atoms with van der Waals surface area (Å²) in [6.45, 7) is 3.61. The molecule has 0 aliphatic carbocycles. The number of pyridine rings is 1. The number of halogens is 2. The molecule has 12 heteroatoms. The zero-order chi connectivity index (χ0) is 25.4. The summed E-state index contributed by atoms with van der Waals surface area (Å²) in [6, 6.07) is 5.42. The van der Waals surface area contributed by atoms with Gasteiger partial charge in [-0.1, -0.05) is 0 Å². The number of carbonyl (C=O) groups excluding carboxylic acids is 1. The maximum absolute atomic E-state index is 13.7. The summed E-state index contributed by atoms with van der Waals surface area (Å²) in [5.41, 5.74) is 0.660. The average Bonchev–Trinajstić information content (AvgIpc) is 3.32. The van der Waals surface area contributed by atoms with Crippen molar-refractivity contribution >= 4 is 21.6 Å². The molecular weight excluding hydrogens is 480 g/mol. The van der Waals surface area contributed by atoms with Crippen LogP contribution in [0.3, 0.4) is 0 Å². The molecule has 0 atom stereocenters. The van der Waals surface area contributed by atoms with Crippen LogP contribution in [0.5, 0.6) is 0 Å². The van der Waals surface area contributed by atoms with E-state index in [1.54, 1.807) is 32.2 Å². The number of aliphatic hydroxyl groups is 1. The molecule has 1 aromatic carbocycles. The molecule has 35 heavy (non-hydrogen) atoms. The maximum atomic E-state index is 13.7. The molecule has 0 unspecified atom stereocenters. The van der Waals surface area contributed by atoms with Gasteiger partial charge in [-0.2, -0.15) is 9.40 Å². The SMILES string of the molecule is CC1(C)c2n[nH]c(CC(=O)c3cccnc3NCCCO)c2CN1S(=O)(=O)c1cc(F)cc(F)c1. The molecule has 0 spiro atoms. The smallest absolute Gasteiger partial charge is 0.244 e. The van der Waals surface area contributed by atoms with E-state index in [2.05, 4.69) is 20.5 Å². The van der Waals surface area contributed by atoms with E-state index in [-0.39, 0.29) is 25.4 Å². The molecular formula is C23H25F2N5O4S. The Morgan fingerprint density at radius 1 is 1.26 bits per heavy atom. The quantitative estimate of drug-likeness (QED) is 0.301. The first kappa shape index (κ1) is 24.9. The fourth-order valence-electron chi connectivity index (χ4n) is 4.19. The van der Waals surface area contributed by atoms with Crippen LogP contribution in [0.25, 0.3) is 0 Å². The lowest BCUT2D eigenvalue weighted by molar-refractivity contribution is 0.0992. The summed E-state index contributed by atoms with van der Waals surface area (Å²) in [5, 5.41) is 19.1. The molecule has 1 aliphatic heterocycles. The Morgan fingerprint density at radius 3 is 2.66 bits per heavy atom. The van der Waals surface area contributed by atoms with E-state index in [0.717, 1.165) is 16.4 Å². The van der Waals surface area contributed by atoms with E-state index < -0.39 is 32.1 Å². The molecule has 0 bridgehead atoms. The first-order valence-corrected chi connectivity index (χ1v) is 12.4. The summed E-state index contributed by atoms with van der Waals surface area (Å²) in [6.07, 6.45) is 1.96. The first-order valence-electron chi connectivity index (χ1n) is 10.9. The predicted octanol–water partition coefficient (Wildman–Crippen LogP) is 2.74. The number of rotatable bonds is 9. The number of nitrogens with one attached hydrogen (secondary N) is 2. The van der Waals surface area contributed by atoms with Gasteiger partial charge in [-0.25, -0.2) is 22.2 Å². The molecule has 4 rings (SSSR count). The molecule has 3 heterocycles. The zero-order valence-electron chi connectivity index (χ0n) is 19.2. The number of nitrogens with zero attached hydrogens (tertiary/aromatic N) is 3. The number of Topliss-reactive ketones (excluding diaryl/α,β-unsaturated/α-hetero) is 1. The van der Waals surface area contributed by atoms with Gasteiger partial charge in [0.2, 0.25) is 10.0 Å². The van der Waals surface area contributed by atoms with Crippen molar-refractivity contribution in [3.63, 3.8) is 0 Å². The van der Waals surface area contributed by atoms with E-state index in [9.17, 15) is 22.0 Å². The lowest BCUT2D eigenvalue weighted by Crippen LogP contribution is -2.40. The number of H-pyrrole nitrogens is 1. The maximum Gasteiger partial charge on any atom is 0.244 e. The predicted molar refractivity (Wildman–Crippen MR) is 123 cm³/mol. The summed E-state index contributed by atoms with van der Waals surface area (Å²) < 4.78 is 55.2. The van der Waals surface area contributed by atoms with Crippen molar-refractivity contribution in [2.45, 2.75) is 43.7 Å². The monoisotopic (exact) mass is 505 g/mol. The number of anilines is 1. The summed E-state index contributed by atoms with van der Waals surface area (Å²) in [4.78, 5) is 16.8. The minimum atomic E-state index is -4.27. The van der Waals surface area contributed by atoms with Crippen LogP contribution in [0.15, 0.2) is 41.4 Å². The fraction of sp³-hybridized carbons (Fsp3) is 0.348. The number of fused-ring (bicyclic) bond motifs is 1. The number of hydrogen-bond acceptors (Lipinski definition) is 7. The Kier molecular flexibility index (Phi) is 6.71. The van der Waals surface area contributed by atoms with Crippen LogP contribution in [0.4, 0.5) is 14.6 Å². The standard InChI is InChI=1S/C23H25F2N5O4S/c1-23(2)21-18(13-30(23)35(33,34)16-10-14(24)9-15(25)11-16)19(28-29-21)12-20(32)17-5-3-6-26-22(17)27-7-4-8-31/h3,5-6,9-11,31H,4,7-8,12-13H2,1-2H3,(H,26,27)(H,28,29). The van der Waals surface area contributed by atoms with Crippen molar-refractivity contribution in [3.05, 3.63) is 70.7 Å². The first-order chi connectivity index (χ1) is 16.6. The Morgan fingerprint density at radius 2 is 1.97 bits per heavy atom. The van der Waals surface area contributed by atoms with Gasteiger partial charge in [0.15, 0.2) is 5.78 Å². The molecule has 3 N–H and O–H groups in total. The van der Waals surface area contributed by atoms with Gasteiger partial charge in [-0.3, -0.25) is 9.89 Å². The lowest BCUT2D eigenvalue weighted by Gasteiger charge is -2.30. The minimum absolute atomic E-state index is 0.000845. The minimum Gasteiger partial charge on any atom is -0.396 e. The molecule has 3 aromatic rings. The van der Waals surface area contributed by atoms with Crippen molar-refractivity contribution in [1.29, 1.82) is 0 Å². The summed E-state index contributed by atoms with van der Waals surface area (Å²) in [5.74, 6) is -1.86. The van der Waals surface area contributed by atoms with Crippen molar-refractivity contribution in [3.8, 4) is 0 Å². The highest BCUT2D eigenvalue weighted by atomic mass is 32.2. The van der Waals surface area contributed by atoms with Gasteiger partial charge < -0.3 is 10.4 Å². The number of sulfonamides is 1. The molecule has 9 nitrogen and oxygen atoms in total. The summed E-state index contributed by atoms with van der Waals surface area (Å²) >= 11 is 0. The van der Waals surface area contributed by atoms with Gasteiger partial charge in [0.1, 0.15) is 17.5 Å². The third-order valence-corrected chi connectivity index (χ3v) is 7.95. The van der Waals surface area contributed by atoms with Crippen molar-refractivity contribution in [2.24, 2.45) is 0 Å². The second-order valence-electron chi connectivity index (χ2n) is 8.71. The Balaban J connectivity index is 1.61. The molecule has 0 amide bonds. The normalized spacial score (nSPS) is 15.2. The van der Waals surface area contributed by atoms with Gasteiger partial charge in [-0.15, -0.1) is 0 Å². The molecule has 2 aromatic heterocycles. The second kappa shape index (κ2) is 9.44. The van der Waals surface area contributed by atoms with Gasteiger partial charge in [0.25, 0.3) is 0 Å². The molecule has 0 saturated heterocycles. The third-order valence-electron chi connectivity index (χ3n) is 5.95. The molecule has 186 valence electrons. The fourth-order valence-corrected chi connectivity index (χ4v) is 5.95. The zero-order valence-corrected chi connectivity index (χ0v) is 20.0. The third kappa shape index (κ3) is 4.68. The van der Waals surface area contributed by atoms with Gasteiger partial charge in [-0.05, 0) is 44.5 Å². The van der Waals surface area contributed by atoms with E-state index in [1.165, 1.54) is 0 Å². The number of hydrogen-bond donors (Lipinski definition) is 3. The van der Waals surface area contributed by atoms with Gasteiger partial charge in [0.05, 0.1) is 28.1 Å². The highest BCUT2D eigenvalue weighted by Crippen LogP contribution is 2.42. The van der Waals surface area contributed by atoms with E-state index >= 15 is 0 Å². The second-order valence-corrected chi connectivity index (χ2v) is 10.6. The topological polar surface area (TPSA) is 128 Å². The van der Waals surface area contributed by atoms with Crippen LogP contribution < -0.4 is 5.32 Å². The highest BCUT2D eigenvalue weighted by molar-refractivity contribution is 7.89. The van der Waals surface area contributed by atoms with E-state index in [0.29, 0.717) is 47.4 Å². The largest absolute Gasteiger partial charge is 0.396 e. The number of carbonyl (C=O) groups is 1. The number of aliphatic hydroxyl groups excluding tert-OH is 1. The van der Waals surface area contributed by atoms with E-state index in [1.807, 2.05) is 0 Å². The van der Waals surface area contributed by atoms with Crippen molar-refractivity contribution < 1.29 is 27.1 Å². The van der Waals surface area contributed by atoms with Crippen LogP contribution in [0, 0.1) is 11.6 Å². The van der Waals surface area contributed by atoms with Gasteiger partial charge >= 0.3 is 0 Å². The van der Waals surface area contributed by atoms with Gasteiger partial charge in [0, 0.05) is 43.2 Å². The lowest BCUT2D eigenvalue weighted by atomic mass is 9.99. The Labute approximate surface area is 201 Å². The molecule has 0 radical (unpaired) electrons. The molecule has 1 aliphatic rings. The van der Waals surface area contributed by atoms with Crippen LogP contribution >= 0.6 is 0 Å². The number of aromatic amines is 1. The van der Waals surface area contributed by atoms with Crippen LogP contribution in [-0.4, -0.2) is 51.9 Å². The number of aromatic nitrogens is 3. The van der Waals surface area contributed by atoms with Crippen molar-refractivity contribution in [1.82, 2.24) is 19.5 Å². The molecule has 0 fully saturated rings.